The van der Waals surface area contributed by atoms with Crippen LogP contribution in [0.2, 0.25) is 0 Å². The molecule has 1 heterocycles. The summed E-state index contributed by atoms with van der Waals surface area (Å²) in [4.78, 5) is 8.88. The van der Waals surface area contributed by atoms with Gasteiger partial charge in [-0.15, -0.1) is 11.6 Å². The van der Waals surface area contributed by atoms with Crippen LogP contribution in [0.1, 0.15) is 30.9 Å². The minimum atomic E-state index is 0.0628. The van der Waals surface area contributed by atoms with Gasteiger partial charge in [-0.3, -0.25) is 4.98 Å². The van der Waals surface area contributed by atoms with Crippen molar-refractivity contribution in [3.05, 3.63) is 17.1 Å². The molecule has 0 saturated carbocycles. The van der Waals surface area contributed by atoms with Crippen molar-refractivity contribution >= 4 is 17.4 Å². The average Bonchev–Trinajstić information content (AvgIpc) is 2.13. The number of aryl methyl sites for hydroxylation is 3. The highest BCUT2D eigenvalue weighted by Crippen LogP contribution is 2.15. The molecule has 0 aliphatic carbocycles. The highest BCUT2D eigenvalue weighted by Gasteiger charge is 2.12. The lowest BCUT2D eigenvalue weighted by molar-refractivity contribution is 0.762. The van der Waals surface area contributed by atoms with E-state index < -0.39 is 0 Å². The lowest BCUT2D eigenvalue weighted by Gasteiger charge is -2.18. The van der Waals surface area contributed by atoms with E-state index in [1.165, 1.54) is 0 Å². The Bertz CT molecular complexity index is 350. The maximum atomic E-state index is 5.99. The molecule has 0 aliphatic heterocycles. The molecule has 1 N–H and O–H groups in total. The molecular formula is C11H18ClN3. The summed E-state index contributed by atoms with van der Waals surface area (Å²) < 4.78 is 0. The Morgan fingerprint density at radius 1 is 1.00 bits per heavy atom. The molecule has 0 amide bonds. The second-order valence-electron chi connectivity index (χ2n) is 3.94. The van der Waals surface area contributed by atoms with E-state index >= 15 is 0 Å². The second-order valence-corrected chi connectivity index (χ2v) is 4.63. The van der Waals surface area contributed by atoms with Gasteiger partial charge in [0.25, 0.3) is 0 Å². The molecule has 0 fully saturated rings. The van der Waals surface area contributed by atoms with Crippen molar-refractivity contribution in [2.75, 3.05) is 5.32 Å². The van der Waals surface area contributed by atoms with Gasteiger partial charge >= 0.3 is 0 Å². The highest BCUT2D eigenvalue weighted by atomic mass is 35.5. The van der Waals surface area contributed by atoms with Gasteiger partial charge in [0.2, 0.25) is 0 Å². The molecule has 2 unspecified atom stereocenters. The number of halogens is 1. The van der Waals surface area contributed by atoms with E-state index in [0.717, 1.165) is 22.9 Å². The molecule has 3 nitrogen and oxygen atoms in total. The molecule has 0 spiro atoms. The summed E-state index contributed by atoms with van der Waals surface area (Å²) in [6.45, 7) is 9.87. The Morgan fingerprint density at radius 3 is 2.07 bits per heavy atom. The number of rotatable bonds is 3. The van der Waals surface area contributed by atoms with Crippen molar-refractivity contribution in [2.45, 2.75) is 46.0 Å². The lowest BCUT2D eigenvalue weighted by Crippen LogP contribution is -2.25. The molecule has 0 radical (unpaired) electrons. The first kappa shape index (κ1) is 12.2. The van der Waals surface area contributed by atoms with Gasteiger partial charge in [0.05, 0.1) is 22.5 Å². The van der Waals surface area contributed by atoms with E-state index in [0.29, 0.717) is 0 Å². The smallest absolute Gasteiger partial charge is 0.148 e. The first-order valence-corrected chi connectivity index (χ1v) is 5.58. The van der Waals surface area contributed by atoms with Gasteiger partial charge in [0.15, 0.2) is 0 Å². The van der Waals surface area contributed by atoms with Crippen LogP contribution in [-0.4, -0.2) is 21.4 Å². The molecule has 0 aliphatic rings. The number of aromatic nitrogens is 2. The van der Waals surface area contributed by atoms with Crippen molar-refractivity contribution in [3.63, 3.8) is 0 Å². The molecule has 15 heavy (non-hydrogen) atoms. The number of hydrogen-bond acceptors (Lipinski definition) is 3. The number of nitrogens with zero attached hydrogens (tertiary/aromatic N) is 2. The number of anilines is 1. The molecule has 1 aromatic heterocycles. The van der Waals surface area contributed by atoms with E-state index in [-0.39, 0.29) is 11.4 Å². The van der Waals surface area contributed by atoms with Crippen LogP contribution in [0.25, 0.3) is 0 Å². The predicted octanol–water partition coefficient (Wildman–Crippen LogP) is 2.83. The average molecular weight is 228 g/mol. The summed E-state index contributed by atoms with van der Waals surface area (Å²) in [5, 5.41) is 3.33. The monoisotopic (exact) mass is 227 g/mol. The summed E-state index contributed by atoms with van der Waals surface area (Å²) in [5.74, 6) is 0.832. The first-order chi connectivity index (χ1) is 6.91. The fourth-order valence-corrected chi connectivity index (χ4v) is 1.25. The summed E-state index contributed by atoms with van der Waals surface area (Å²) in [7, 11) is 0. The van der Waals surface area contributed by atoms with Gasteiger partial charge in [-0.1, -0.05) is 0 Å². The van der Waals surface area contributed by atoms with Crippen LogP contribution in [0.4, 0.5) is 5.82 Å². The molecule has 4 heteroatoms. The molecule has 0 aromatic carbocycles. The highest BCUT2D eigenvalue weighted by molar-refractivity contribution is 6.20. The standard InChI is InChI=1S/C11H18ClN3/c1-6(12)7(2)14-11-10(5)13-8(3)9(4)15-11/h6-7H,1-5H3,(H,14,15). The van der Waals surface area contributed by atoms with Crippen molar-refractivity contribution in [2.24, 2.45) is 0 Å². The minimum Gasteiger partial charge on any atom is -0.365 e. The summed E-state index contributed by atoms with van der Waals surface area (Å²) in [6.07, 6.45) is 0. The van der Waals surface area contributed by atoms with Gasteiger partial charge in [0, 0.05) is 6.04 Å². The zero-order chi connectivity index (χ0) is 11.6. The molecule has 84 valence electrons. The summed E-state index contributed by atoms with van der Waals surface area (Å²) in [6, 6.07) is 0.182. The van der Waals surface area contributed by atoms with Crippen LogP contribution in [0.15, 0.2) is 0 Å². The maximum Gasteiger partial charge on any atom is 0.148 e. The Balaban J connectivity index is 2.91. The Hall–Kier alpha value is -0.830. The van der Waals surface area contributed by atoms with Gasteiger partial charge in [-0.25, -0.2) is 4.98 Å². The van der Waals surface area contributed by atoms with Crippen molar-refractivity contribution in [3.8, 4) is 0 Å². The Labute approximate surface area is 96.3 Å². The SMILES string of the molecule is Cc1nc(C)c(NC(C)C(C)Cl)nc1C. The van der Waals surface area contributed by atoms with Crippen LogP contribution >= 0.6 is 11.6 Å². The van der Waals surface area contributed by atoms with E-state index in [1.807, 2.05) is 34.6 Å². The van der Waals surface area contributed by atoms with Crippen LogP contribution in [-0.2, 0) is 0 Å². The zero-order valence-electron chi connectivity index (χ0n) is 9.93. The van der Waals surface area contributed by atoms with Crippen molar-refractivity contribution < 1.29 is 0 Å². The van der Waals surface area contributed by atoms with Crippen LogP contribution in [0.5, 0.6) is 0 Å². The lowest BCUT2D eigenvalue weighted by atomic mass is 10.2. The first-order valence-electron chi connectivity index (χ1n) is 5.14. The molecular weight excluding hydrogens is 210 g/mol. The third-order valence-corrected chi connectivity index (χ3v) is 2.91. The van der Waals surface area contributed by atoms with E-state index in [4.69, 9.17) is 11.6 Å². The van der Waals surface area contributed by atoms with E-state index in [2.05, 4.69) is 15.3 Å². The normalized spacial score (nSPS) is 14.8. The van der Waals surface area contributed by atoms with Crippen LogP contribution in [0.3, 0.4) is 0 Å². The fraction of sp³-hybridized carbons (Fsp3) is 0.636. The fourth-order valence-electron chi connectivity index (χ4n) is 1.18. The van der Waals surface area contributed by atoms with Gasteiger partial charge < -0.3 is 5.32 Å². The van der Waals surface area contributed by atoms with Gasteiger partial charge in [-0.2, -0.15) is 0 Å². The quantitative estimate of drug-likeness (QED) is 0.807. The summed E-state index contributed by atoms with van der Waals surface area (Å²) >= 11 is 5.99. The second kappa shape index (κ2) is 4.79. The van der Waals surface area contributed by atoms with Crippen LogP contribution in [0, 0.1) is 20.8 Å². The van der Waals surface area contributed by atoms with Crippen molar-refractivity contribution in [1.29, 1.82) is 0 Å². The largest absolute Gasteiger partial charge is 0.365 e. The Kier molecular flexibility index (Phi) is 3.91. The van der Waals surface area contributed by atoms with E-state index in [9.17, 15) is 0 Å². The third kappa shape index (κ3) is 3.06. The topological polar surface area (TPSA) is 37.8 Å². The van der Waals surface area contributed by atoms with Gasteiger partial charge in [0.1, 0.15) is 5.82 Å². The minimum absolute atomic E-state index is 0.0628. The maximum absolute atomic E-state index is 5.99. The molecule has 2 atom stereocenters. The van der Waals surface area contributed by atoms with Crippen LogP contribution < -0.4 is 5.32 Å². The molecule has 1 aromatic rings. The van der Waals surface area contributed by atoms with E-state index in [1.54, 1.807) is 0 Å². The Morgan fingerprint density at radius 2 is 1.53 bits per heavy atom. The van der Waals surface area contributed by atoms with Crippen molar-refractivity contribution in [1.82, 2.24) is 9.97 Å². The predicted molar refractivity (Wildman–Crippen MR) is 64.6 cm³/mol. The van der Waals surface area contributed by atoms with Gasteiger partial charge in [-0.05, 0) is 34.6 Å². The molecule has 0 saturated heterocycles. The number of alkyl halides is 1. The number of hydrogen-bond donors (Lipinski definition) is 1. The zero-order valence-corrected chi connectivity index (χ0v) is 10.7. The molecule has 0 bridgehead atoms. The number of nitrogens with one attached hydrogen (secondary N) is 1. The molecule has 1 rings (SSSR count). The summed E-state index contributed by atoms with van der Waals surface area (Å²) in [5.41, 5.74) is 2.85. The third-order valence-electron chi connectivity index (χ3n) is 2.53.